The van der Waals surface area contributed by atoms with Gasteiger partial charge < -0.3 is 10.2 Å². The Morgan fingerprint density at radius 3 is 2.74 bits per heavy atom. The van der Waals surface area contributed by atoms with E-state index in [9.17, 15) is 18.4 Å². The molecule has 31 heavy (non-hydrogen) atoms. The molecule has 1 aromatic heterocycles. The summed E-state index contributed by atoms with van der Waals surface area (Å²) in [6.45, 7) is 0.0395. The number of nitrogens with zero attached hydrogens (tertiary/aromatic N) is 3. The van der Waals surface area contributed by atoms with Crippen LogP contribution in [0.1, 0.15) is 28.0 Å². The summed E-state index contributed by atoms with van der Waals surface area (Å²) in [5.74, 6) is -1.41. The Morgan fingerprint density at radius 2 is 1.94 bits per heavy atom. The van der Waals surface area contributed by atoms with Crippen LogP contribution in [0.25, 0.3) is 11.4 Å². The van der Waals surface area contributed by atoms with Crippen LogP contribution in [-0.2, 0) is 17.8 Å². The molecule has 6 nitrogen and oxygen atoms in total. The Balaban J connectivity index is 1.44. The summed E-state index contributed by atoms with van der Waals surface area (Å²) in [6, 6.07) is 12.6. The first-order valence-corrected chi connectivity index (χ1v) is 9.92. The summed E-state index contributed by atoms with van der Waals surface area (Å²) in [7, 11) is 0. The van der Waals surface area contributed by atoms with Crippen molar-refractivity contribution in [3.8, 4) is 11.4 Å². The fraction of sp³-hybridized carbons (Fsp3) is 0.217. The number of benzene rings is 2. The van der Waals surface area contributed by atoms with Crippen molar-refractivity contribution in [1.82, 2.24) is 20.2 Å². The molecule has 0 unspecified atom stereocenters. The second kappa shape index (κ2) is 8.99. The van der Waals surface area contributed by atoms with E-state index in [4.69, 9.17) is 0 Å². The Labute approximate surface area is 177 Å². The molecule has 1 aliphatic rings. The predicted molar refractivity (Wildman–Crippen MR) is 110 cm³/mol. The first-order chi connectivity index (χ1) is 15.0. The van der Waals surface area contributed by atoms with Crippen molar-refractivity contribution in [2.75, 3.05) is 13.1 Å². The minimum atomic E-state index is -0.604. The molecule has 2 amide bonds. The first-order valence-electron chi connectivity index (χ1n) is 9.92. The monoisotopic (exact) mass is 422 g/mol. The van der Waals surface area contributed by atoms with Crippen LogP contribution in [0.5, 0.6) is 0 Å². The number of carbonyl (C=O) groups excluding carboxylic acids is 2. The van der Waals surface area contributed by atoms with Gasteiger partial charge in [0.05, 0.1) is 17.8 Å². The minimum absolute atomic E-state index is 0.0442. The maximum atomic E-state index is 13.7. The maximum Gasteiger partial charge on any atom is 0.257 e. The highest BCUT2D eigenvalue weighted by Crippen LogP contribution is 2.21. The van der Waals surface area contributed by atoms with E-state index in [2.05, 4.69) is 15.3 Å². The Hall–Kier alpha value is -3.68. The van der Waals surface area contributed by atoms with Gasteiger partial charge in [-0.05, 0) is 31.0 Å². The number of rotatable bonds is 5. The quantitative estimate of drug-likeness (QED) is 0.686. The smallest absolute Gasteiger partial charge is 0.257 e. The molecule has 0 fully saturated rings. The van der Waals surface area contributed by atoms with Gasteiger partial charge in [-0.15, -0.1) is 0 Å². The molecule has 8 heteroatoms. The molecule has 0 bridgehead atoms. The molecule has 3 aromatic rings. The summed E-state index contributed by atoms with van der Waals surface area (Å²) in [6.07, 6.45) is 2.75. The largest absolute Gasteiger partial charge is 0.350 e. The number of fused-ring (bicyclic) bond motifs is 1. The van der Waals surface area contributed by atoms with E-state index in [1.807, 2.05) is 30.3 Å². The fourth-order valence-corrected chi connectivity index (χ4v) is 3.47. The van der Waals surface area contributed by atoms with Gasteiger partial charge in [0.25, 0.3) is 5.91 Å². The second-order valence-electron chi connectivity index (χ2n) is 7.26. The summed E-state index contributed by atoms with van der Waals surface area (Å²) in [5, 5.41) is 2.54. The fourth-order valence-electron chi connectivity index (χ4n) is 3.47. The van der Waals surface area contributed by atoms with E-state index in [0.717, 1.165) is 23.8 Å². The lowest BCUT2D eigenvalue weighted by molar-refractivity contribution is -0.122. The molecule has 4 rings (SSSR count). The van der Waals surface area contributed by atoms with Gasteiger partial charge in [-0.2, -0.15) is 0 Å². The van der Waals surface area contributed by atoms with E-state index in [1.165, 1.54) is 11.1 Å². The zero-order chi connectivity index (χ0) is 21.8. The molecule has 0 radical (unpaired) electrons. The van der Waals surface area contributed by atoms with Crippen LogP contribution in [0.15, 0.2) is 54.7 Å². The molecule has 0 spiro atoms. The number of hydrogen-bond acceptors (Lipinski definition) is 4. The first kappa shape index (κ1) is 20.6. The summed E-state index contributed by atoms with van der Waals surface area (Å²) in [4.78, 5) is 35.6. The molecule has 1 aliphatic heterocycles. The second-order valence-corrected chi connectivity index (χ2v) is 7.26. The van der Waals surface area contributed by atoms with Gasteiger partial charge in [-0.1, -0.05) is 30.3 Å². The van der Waals surface area contributed by atoms with E-state index in [1.54, 1.807) is 0 Å². The van der Waals surface area contributed by atoms with Crippen molar-refractivity contribution in [1.29, 1.82) is 0 Å². The number of amides is 2. The van der Waals surface area contributed by atoms with Crippen molar-refractivity contribution >= 4 is 11.8 Å². The minimum Gasteiger partial charge on any atom is -0.350 e. The predicted octanol–water partition coefficient (Wildman–Crippen LogP) is 3.13. The van der Waals surface area contributed by atoms with Crippen molar-refractivity contribution in [2.45, 2.75) is 19.4 Å². The van der Waals surface area contributed by atoms with Gasteiger partial charge in [0.2, 0.25) is 5.91 Å². The molecule has 0 saturated carbocycles. The summed E-state index contributed by atoms with van der Waals surface area (Å²) >= 11 is 0. The maximum absolute atomic E-state index is 13.7. The van der Waals surface area contributed by atoms with Crippen LogP contribution >= 0.6 is 0 Å². The van der Waals surface area contributed by atoms with Crippen LogP contribution in [-0.4, -0.2) is 39.8 Å². The SMILES string of the molecule is O=C(CN1CCCc2nc(-c3ccccc3)ncc2C1=O)NCc1cc(F)ccc1F. The van der Waals surface area contributed by atoms with Gasteiger partial charge >= 0.3 is 0 Å². The van der Waals surface area contributed by atoms with Crippen molar-refractivity contribution in [3.63, 3.8) is 0 Å². The Kier molecular flexibility index (Phi) is 5.97. The average Bonchev–Trinajstić information content (AvgIpc) is 2.93. The normalized spacial score (nSPS) is 13.5. The number of halogens is 2. The van der Waals surface area contributed by atoms with Crippen LogP contribution < -0.4 is 5.32 Å². The third kappa shape index (κ3) is 4.74. The van der Waals surface area contributed by atoms with Gasteiger partial charge in [0.1, 0.15) is 11.6 Å². The zero-order valence-corrected chi connectivity index (χ0v) is 16.6. The third-order valence-corrected chi connectivity index (χ3v) is 5.08. The van der Waals surface area contributed by atoms with Crippen LogP contribution in [0.3, 0.4) is 0 Å². The van der Waals surface area contributed by atoms with E-state index in [0.29, 0.717) is 36.5 Å². The number of hydrogen-bond donors (Lipinski definition) is 1. The lowest BCUT2D eigenvalue weighted by Gasteiger charge is -2.20. The van der Waals surface area contributed by atoms with E-state index >= 15 is 0 Å². The lowest BCUT2D eigenvalue weighted by atomic mass is 10.1. The molecule has 0 aliphatic carbocycles. The molecule has 158 valence electrons. The lowest BCUT2D eigenvalue weighted by Crippen LogP contribution is -2.40. The van der Waals surface area contributed by atoms with E-state index < -0.39 is 17.5 Å². The van der Waals surface area contributed by atoms with Crippen LogP contribution in [0.4, 0.5) is 8.78 Å². The van der Waals surface area contributed by atoms with Crippen molar-refractivity contribution in [3.05, 3.63) is 83.2 Å². The van der Waals surface area contributed by atoms with Crippen molar-refractivity contribution < 1.29 is 18.4 Å². The van der Waals surface area contributed by atoms with Crippen LogP contribution in [0.2, 0.25) is 0 Å². The highest BCUT2D eigenvalue weighted by molar-refractivity contribution is 5.97. The molecular weight excluding hydrogens is 402 g/mol. The average molecular weight is 422 g/mol. The van der Waals surface area contributed by atoms with Crippen LogP contribution in [0, 0.1) is 11.6 Å². The zero-order valence-electron chi connectivity index (χ0n) is 16.6. The highest BCUT2D eigenvalue weighted by atomic mass is 19.1. The van der Waals surface area contributed by atoms with Gasteiger partial charge in [0.15, 0.2) is 5.82 Å². The number of nitrogens with one attached hydrogen (secondary N) is 1. The molecule has 2 heterocycles. The Bertz CT molecular complexity index is 1120. The standard InChI is InChI=1S/C23H20F2N4O2/c24-17-8-9-19(25)16(11-17)12-26-21(30)14-29-10-4-7-20-18(23(29)31)13-27-22(28-20)15-5-2-1-3-6-15/h1-3,5-6,8-9,11,13H,4,7,10,12,14H2,(H,26,30). The number of carbonyl (C=O) groups is 2. The number of aryl methyl sites for hydroxylation is 1. The molecule has 0 saturated heterocycles. The van der Waals surface area contributed by atoms with Gasteiger partial charge in [-0.25, -0.2) is 18.7 Å². The number of aromatic nitrogens is 2. The Morgan fingerprint density at radius 1 is 1.13 bits per heavy atom. The molecular formula is C23H20F2N4O2. The van der Waals surface area contributed by atoms with E-state index in [-0.39, 0.29) is 24.6 Å². The summed E-state index contributed by atoms with van der Waals surface area (Å²) in [5.41, 5.74) is 1.94. The van der Waals surface area contributed by atoms with Crippen molar-refractivity contribution in [2.24, 2.45) is 0 Å². The molecule has 0 atom stereocenters. The van der Waals surface area contributed by atoms with Gasteiger partial charge in [0, 0.05) is 30.4 Å². The molecule has 1 N–H and O–H groups in total. The summed E-state index contributed by atoms with van der Waals surface area (Å²) < 4.78 is 27.0. The highest BCUT2D eigenvalue weighted by Gasteiger charge is 2.26. The molecule has 2 aromatic carbocycles. The third-order valence-electron chi connectivity index (χ3n) is 5.08. The van der Waals surface area contributed by atoms with Gasteiger partial charge in [-0.3, -0.25) is 9.59 Å². The topological polar surface area (TPSA) is 75.2 Å².